The van der Waals surface area contributed by atoms with Gasteiger partial charge in [-0.25, -0.2) is 13.6 Å². The van der Waals surface area contributed by atoms with Crippen molar-refractivity contribution >= 4 is 5.97 Å². The molecule has 1 N–H and O–H groups in total. The standard InChI is InChI=1S/C14H10F2O2/c1-8-6-10(15)3-4-11(8)12-7-9(14(17)18)2-5-13(12)16/h2-7H,1H3,(H,17,18). The van der Waals surface area contributed by atoms with Crippen LogP contribution >= 0.6 is 0 Å². The molecule has 0 radical (unpaired) electrons. The van der Waals surface area contributed by atoms with E-state index in [1.165, 1.54) is 30.3 Å². The van der Waals surface area contributed by atoms with Gasteiger partial charge in [-0.3, -0.25) is 0 Å². The lowest BCUT2D eigenvalue weighted by molar-refractivity contribution is 0.0697. The van der Waals surface area contributed by atoms with Crippen LogP contribution in [0.3, 0.4) is 0 Å². The molecule has 18 heavy (non-hydrogen) atoms. The fourth-order valence-electron chi connectivity index (χ4n) is 1.79. The molecule has 0 bridgehead atoms. The normalized spacial score (nSPS) is 10.4. The highest BCUT2D eigenvalue weighted by Gasteiger charge is 2.12. The summed E-state index contributed by atoms with van der Waals surface area (Å²) >= 11 is 0. The Morgan fingerprint density at radius 3 is 2.39 bits per heavy atom. The molecule has 2 aromatic rings. The van der Waals surface area contributed by atoms with Gasteiger partial charge in [0.15, 0.2) is 0 Å². The zero-order valence-electron chi connectivity index (χ0n) is 9.58. The molecule has 2 aromatic carbocycles. The summed E-state index contributed by atoms with van der Waals surface area (Å²) in [7, 11) is 0. The molecule has 2 rings (SSSR count). The maximum Gasteiger partial charge on any atom is 0.335 e. The number of benzene rings is 2. The smallest absolute Gasteiger partial charge is 0.335 e. The van der Waals surface area contributed by atoms with Crippen molar-refractivity contribution < 1.29 is 18.7 Å². The van der Waals surface area contributed by atoms with E-state index in [1.807, 2.05) is 0 Å². The molecule has 0 atom stereocenters. The fourth-order valence-corrected chi connectivity index (χ4v) is 1.79. The van der Waals surface area contributed by atoms with Crippen LogP contribution in [0.4, 0.5) is 8.78 Å². The monoisotopic (exact) mass is 248 g/mol. The molecule has 0 aromatic heterocycles. The van der Waals surface area contributed by atoms with Crippen molar-refractivity contribution in [3.8, 4) is 11.1 Å². The molecular formula is C14H10F2O2. The molecule has 0 spiro atoms. The minimum Gasteiger partial charge on any atom is -0.478 e. The van der Waals surface area contributed by atoms with Crippen molar-refractivity contribution in [3.05, 3.63) is 59.2 Å². The summed E-state index contributed by atoms with van der Waals surface area (Å²) in [5, 5.41) is 8.88. The van der Waals surface area contributed by atoms with Gasteiger partial charge in [0, 0.05) is 5.56 Å². The fraction of sp³-hybridized carbons (Fsp3) is 0.0714. The maximum absolute atomic E-state index is 13.7. The largest absolute Gasteiger partial charge is 0.478 e. The molecule has 0 aliphatic carbocycles. The second kappa shape index (κ2) is 4.56. The first-order valence-corrected chi connectivity index (χ1v) is 5.28. The van der Waals surface area contributed by atoms with Gasteiger partial charge in [-0.15, -0.1) is 0 Å². The maximum atomic E-state index is 13.7. The number of carboxylic acids is 1. The zero-order valence-corrected chi connectivity index (χ0v) is 9.58. The number of aryl methyl sites for hydroxylation is 1. The lowest BCUT2D eigenvalue weighted by atomic mass is 9.98. The molecule has 0 aliphatic rings. The third-order valence-electron chi connectivity index (χ3n) is 2.69. The van der Waals surface area contributed by atoms with Crippen LogP contribution in [0.5, 0.6) is 0 Å². The average molecular weight is 248 g/mol. The van der Waals surface area contributed by atoms with Crippen molar-refractivity contribution in [2.24, 2.45) is 0 Å². The average Bonchev–Trinajstić information content (AvgIpc) is 2.30. The van der Waals surface area contributed by atoms with Crippen LogP contribution in [0.15, 0.2) is 36.4 Å². The summed E-state index contributed by atoms with van der Waals surface area (Å²) in [6.07, 6.45) is 0. The second-order valence-corrected chi connectivity index (χ2v) is 3.96. The SMILES string of the molecule is Cc1cc(F)ccc1-c1cc(C(=O)O)ccc1F. The minimum absolute atomic E-state index is 0.00451. The third kappa shape index (κ3) is 2.22. The molecule has 0 saturated heterocycles. The van der Waals surface area contributed by atoms with Crippen LogP contribution in [0.25, 0.3) is 11.1 Å². The van der Waals surface area contributed by atoms with Crippen molar-refractivity contribution in [1.82, 2.24) is 0 Å². The molecule has 0 aliphatic heterocycles. The Hall–Kier alpha value is -2.23. The van der Waals surface area contributed by atoms with E-state index < -0.39 is 17.6 Å². The van der Waals surface area contributed by atoms with E-state index in [9.17, 15) is 13.6 Å². The van der Waals surface area contributed by atoms with Crippen LogP contribution < -0.4 is 0 Å². The summed E-state index contributed by atoms with van der Waals surface area (Å²) in [6, 6.07) is 7.48. The molecule has 4 heteroatoms. The van der Waals surface area contributed by atoms with Crippen LogP contribution in [-0.4, -0.2) is 11.1 Å². The van der Waals surface area contributed by atoms with Gasteiger partial charge in [0.2, 0.25) is 0 Å². The molecule has 92 valence electrons. The first-order chi connectivity index (χ1) is 8.49. The Balaban J connectivity index is 2.62. The predicted octanol–water partition coefficient (Wildman–Crippen LogP) is 3.64. The third-order valence-corrected chi connectivity index (χ3v) is 2.69. The summed E-state index contributed by atoms with van der Waals surface area (Å²) < 4.78 is 26.7. The summed E-state index contributed by atoms with van der Waals surface area (Å²) in [5.41, 5.74) is 1.19. The van der Waals surface area contributed by atoms with E-state index in [4.69, 9.17) is 5.11 Å². The van der Waals surface area contributed by atoms with Crippen molar-refractivity contribution in [2.75, 3.05) is 0 Å². The van der Waals surface area contributed by atoms with Crippen LogP contribution in [0.2, 0.25) is 0 Å². The van der Waals surface area contributed by atoms with Gasteiger partial charge in [0.25, 0.3) is 0 Å². The van der Waals surface area contributed by atoms with Crippen molar-refractivity contribution in [1.29, 1.82) is 0 Å². The van der Waals surface area contributed by atoms with E-state index in [0.29, 0.717) is 11.1 Å². The summed E-state index contributed by atoms with van der Waals surface area (Å²) in [4.78, 5) is 10.9. The van der Waals surface area contributed by atoms with Gasteiger partial charge in [-0.2, -0.15) is 0 Å². The number of rotatable bonds is 2. The lowest BCUT2D eigenvalue weighted by Gasteiger charge is -2.08. The van der Waals surface area contributed by atoms with Gasteiger partial charge in [-0.1, -0.05) is 6.07 Å². The number of halogens is 2. The number of carboxylic acid groups (broad SMARTS) is 1. The molecular weight excluding hydrogens is 238 g/mol. The highest BCUT2D eigenvalue weighted by atomic mass is 19.1. The minimum atomic E-state index is -1.13. The highest BCUT2D eigenvalue weighted by Crippen LogP contribution is 2.27. The first kappa shape index (κ1) is 12.2. The van der Waals surface area contributed by atoms with E-state index in [0.717, 1.165) is 6.07 Å². The summed E-state index contributed by atoms with van der Waals surface area (Å²) in [5.74, 6) is -2.07. The van der Waals surface area contributed by atoms with Gasteiger partial charge in [-0.05, 0) is 48.4 Å². The molecule has 2 nitrogen and oxygen atoms in total. The molecule has 0 amide bonds. The quantitative estimate of drug-likeness (QED) is 0.880. The van der Waals surface area contributed by atoms with Crippen molar-refractivity contribution in [3.63, 3.8) is 0 Å². The Labute approximate surface area is 103 Å². The number of carbonyl (C=O) groups is 1. The molecule has 0 fully saturated rings. The van der Waals surface area contributed by atoms with Crippen LogP contribution in [0.1, 0.15) is 15.9 Å². The Bertz CT molecular complexity index is 621. The highest BCUT2D eigenvalue weighted by molar-refractivity contribution is 5.89. The van der Waals surface area contributed by atoms with E-state index >= 15 is 0 Å². The van der Waals surface area contributed by atoms with Crippen LogP contribution in [-0.2, 0) is 0 Å². The number of aromatic carboxylic acids is 1. The Kier molecular flexibility index (Phi) is 3.10. The van der Waals surface area contributed by atoms with E-state index in [1.54, 1.807) is 6.92 Å². The number of hydrogen-bond donors (Lipinski definition) is 1. The number of hydrogen-bond acceptors (Lipinski definition) is 1. The van der Waals surface area contributed by atoms with E-state index in [2.05, 4.69) is 0 Å². The second-order valence-electron chi connectivity index (χ2n) is 3.96. The Morgan fingerprint density at radius 2 is 1.78 bits per heavy atom. The molecule has 0 unspecified atom stereocenters. The first-order valence-electron chi connectivity index (χ1n) is 5.28. The van der Waals surface area contributed by atoms with Gasteiger partial charge in [0.05, 0.1) is 5.56 Å². The van der Waals surface area contributed by atoms with Gasteiger partial charge < -0.3 is 5.11 Å². The van der Waals surface area contributed by atoms with Gasteiger partial charge >= 0.3 is 5.97 Å². The lowest BCUT2D eigenvalue weighted by Crippen LogP contribution is -1.98. The van der Waals surface area contributed by atoms with Crippen molar-refractivity contribution in [2.45, 2.75) is 6.92 Å². The topological polar surface area (TPSA) is 37.3 Å². The molecule has 0 heterocycles. The predicted molar refractivity (Wildman–Crippen MR) is 63.5 cm³/mol. The Morgan fingerprint density at radius 1 is 1.06 bits per heavy atom. The molecule has 0 saturated carbocycles. The zero-order chi connectivity index (χ0) is 13.3. The summed E-state index contributed by atoms with van der Waals surface area (Å²) in [6.45, 7) is 1.64. The van der Waals surface area contributed by atoms with Crippen LogP contribution in [0, 0.1) is 18.6 Å². The van der Waals surface area contributed by atoms with Gasteiger partial charge in [0.1, 0.15) is 11.6 Å². The van der Waals surface area contributed by atoms with E-state index in [-0.39, 0.29) is 11.1 Å².